The topological polar surface area (TPSA) is 46.0 Å². The van der Waals surface area contributed by atoms with Gasteiger partial charge in [-0.15, -0.1) is 0 Å². The molecular weight excluding hydrogens is 492 g/mol. The van der Waals surface area contributed by atoms with E-state index in [0.717, 1.165) is 29.3 Å². The molecule has 2 heterocycles. The van der Waals surface area contributed by atoms with Crippen molar-refractivity contribution >= 4 is 38.5 Å². The molecule has 0 unspecified atom stereocenters. The van der Waals surface area contributed by atoms with Crippen LogP contribution in [-0.2, 0) is 11.8 Å². The number of H-pyrrole nitrogens is 1. The van der Waals surface area contributed by atoms with Gasteiger partial charge >= 0.3 is 5.97 Å². The van der Waals surface area contributed by atoms with Gasteiger partial charge in [0.15, 0.2) is 12.4 Å². The number of ether oxygens (including phenoxy) is 1. The molecule has 0 saturated carbocycles. The van der Waals surface area contributed by atoms with E-state index in [4.69, 9.17) is 4.74 Å². The predicted octanol–water partition coefficient (Wildman–Crippen LogP) is 9.86. The van der Waals surface area contributed by atoms with Crippen molar-refractivity contribution < 1.29 is 14.1 Å². The maximum atomic E-state index is 12.6. The number of hydrogen-bond acceptors (Lipinski definition) is 2. The molecule has 4 heteroatoms. The van der Waals surface area contributed by atoms with Crippen molar-refractivity contribution in [3.63, 3.8) is 0 Å². The van der Waals surface area contributed by atoms with Gasteiger partial charge in [0.1, 0.15) is 12.8 Å². The molecule has 0 bridgehead atoms. The number of aryl methyl sites for hydroxylation is 3. The number of nitrogens with one attached hydrogen (secondary N) is 1. The molecule has 0 fully saturated rings. The van der Waals surface area contributed by atoms with Gasteiger partial charge in [-0.05, 0) is 80.7 Å². The summed E-state index contributed by atoms with van der Waals surface area (Å²) in [5.74, 6) is 0.490. The summed E-state index contributed by atoms with van der Waals surface area (Å²) in [6.07, 6.45) is 25.8. The molecule has 0 aliphatic carbocycles. The fraction of sp³-hybridized carbons (Fsp3) is 0.500. The van der Waals surface area contributed by atoms with Crippen LogP contribution in [0.1, 0.15) is 108 Å². The Labute approximate surface area is 240 Å². The van der Waals surface area contributed by atoms with Crippen molar-refractivity contribution in [1.29, 1.82) is 0 Å². The Morgan fingerprint density at radius 2 is 1.50 bits per heavy atom. The normalized spacial score (nSPS) is 11.9. The van der Waals surface area contributed by atoms with Crippen LogP contribution in [0.5, 0.6) is 5.75 Å². The van der Waals surface area contributed by atoms with E-state index in [1.165, 1.54) is 97.9 Å². The van der Waals surface area contributed by atoms with Crippen LogP contribution in [0.2, 0.25) is 0 Å². The fourth-order valence-corrected chi connectivity index (χ4v) is 5.92. The summed E-state index contributed by atoms with van der Waals surface area (Å²) >= 11 is 0. The molecule has 4 aromatic rings. The molecule has 4 rings (SSSR count). The van der Waals surface area contributed by atoms with E-state index in [0.29, 0.717) is 12.2 Å². The predicted molar refractivity (Wildman–Crippen MR) is 169 cm³/mol. The molecule has 2 aromatic carbocycles. The number of esters is 1. The molecule has 4 nitrogen and oxygen atoms in total. The lowest BCUT2D eigenvalue weighted by Crippen LogP contribution is -2.26. The number of fused-ring (bicyclic) bond motifs is 4. The number of hydrogen-bond donors (Lipinski definition) is 1. The van der Waals surface area contributed by atoms with Gasteiger partial charge in [-0.1, -0.05) is 70.4 Å². The van der Waals surface area contributed by atoms with Crippen LogP contribution in [0.25, 0.3) is 32.6 Å². The Morgan fingerprint density at radius 3 is 2.23 bits per heavy atom. The quantitative estimate of drug-likeness (QED) is 0.0504. The first kappa shape index (κ1) is 29.8. The number of pyridine rings is 1. The number of benzene rings is 2. The van der Waals surface area contributed by atoms with E-state index >= 15 is 0 Å². The minimum atomic E-state index is -0.137. The van der Waals surface area contributed by atoms with E-state index in [-0.39, 0.29) is 5.97 Å². The van der Waals surface area contributed by atoms with Gasteiger partial charge in [0.25, 0.3) is 0 Å². The lowest BCUT2D eigenvalue weighted by atomic mass is 9.97. The van der Waals surface area contributed by atoms with Crippen LogP contribution < -0.4 is 9.30 Å². The third kappa shape index (κ3) is 7.74. The number of rotatable bonds is 16. The molecule has 214 valence electrons. The molecule has 2 aromatic heterocycles. The minimum absolute atomic E-state index is 0.137. The number of aromatic amines is 1. The molecule has 1 N–H and O–H groups in total. The van der Waals surface area contributed by atoms with E-state index < -0.39 is 0 Å². The van der Waals surface area contributed by atoms with Crippen LogP contribution in [0.4, 0.5) is 0 Å². The summed E-state index contributed by atoms with van der Waals surface area (Å²) in [7, 11) is 2.06. The second-order valence-corrected chi connectivity index (χ2v) is 11.6. The van der Waals surface area contributed by atoms with Crippen LogP contribution >= 0.6 is 0 Å². The molecule has 40 heavy (non-hydrogen) atoms. The zero-order valence-corrected chi connectivity index (χ0v) is 25.3. The van der Waals surface area contributed by atoms with Gasteiger partial charge in [0.05, 0.1) is 5.52 Å². The lowest BCUT2D eigenvalue weighted by molar-refractivity contribution is -0.670. The highest BCUT2D eigenvalue weighted by Crippen LogP contribution is 2.37. The van der Waals surface area contributed by atoms with Gasteiger partial charge in [-0.2, -0.15) is 0 Å². The standard InChI is InChI=1S/C36H48N2O2/c1-5-6-7-8-9-10-11-12-13-14-15-16-17-18-19-20-34(39)40-29-21-22-33-31(25-29)35-27(2)32-26-38(4)24-23-30(32)28(3)36(35)37-33/h12-13,21-26H,5-11,14-20H2,1-4H3/p+1/b13-12+. The zero-order valence-electron chi connectivity index (χ0n) is 25.3. The third-order valence-corrected chi connectivity index (χ3v) is 8.30. The number of aromatic nitrogens is 2. The van der Waals surface area contributed by atoms with E-state index in [1.54, 1.807) is 0 Å². The van der Waals surface area contributed by atoms with Crippen LogP contribution in [0.15, 0.2) is 48.8 Å². The summed E-state index contributed by atoms with van der Waals surface area (Å²) in [4.78, 5) is 16.2. The van der Waals surface area contributed by atoms with Crippen molar-refractivity contribution in [3.8, 4) is 5.75 Å². The molecule has 0 aliphatic rings. The van der Waals surface area contributed by atoms with Gasteiger partial charge < -0.3 is 9.72 Å². The highest BCUT2D eigenvalue weighted by molar-refractivity contribution is 6.16. The largest absolute Gasteiger partial charge is 0.427 e. The number of carbonyl (C=O) groups excluding carboxylic acids is 1. The Balaban J connectivity index is 1.20. The Hall–Kier alpha value is -3.14. The minimum Gasteiger partial charge on any atom is -0.427 e. The van der Waals surface area contributed by atoms with Gasteiger partial charge in [-0.25, -0.2) is 4.57 Å². The zero-order chi connectivity index (χ0) is 28.3. The molecule has 0 saturated heterocycles. The monoisotopic (exact) mass is 541 g/mol. The summed E-state index contributed by atoms with van der Waals surface area (Å²) in [6, 6.07) is 8.14. The second-order valence-electron chi connectivity index (χ2n) is 11.6. The summed E-state index contributed by atoms with van der Waals surface area (Å²) < 4.78 is 7.87. The van der Waals surface area contributed by atoms with Gasteiger partial charge in [0.2, 0.25) is 0 Å². The molecule has 0 aliphatic heterocycles. The maximum absolute atomic E-state index is 12.6. The summed E-state index contributed by atoms with van der Waals surface area (Å²) in [6.45, 7) is 6.63. The Bertz CT molecular complexity index is 1450. The van der Waals surface area contributed by atoms with Crippen LogP contribution in [-0.4, -0.2) is 11.0 Å². The maximum Gasteiger partial charge on any atom is 0.311 e. The van der Waals surface area contributed by atoms with Crippen LogP contribution in [0.3, 0.4) is 0 Å². The number of allylic oxidation sites excluding steroid dienone is 2. The van der Waals surface area contributed by atoms with Crippen molar-refractivity contribution in [3.05, 3.63) is 59.9 Å². The van der Waals surface area contributed by atoms with Crippen molar-refractivity contribution in [2.75, 3.05) is 0 Å². The van der Waals surface area contributed by atoms with E-state index in [1.807, 2.05) is 18.2 Å². The second kappa shape index (κ2) is 15.0. The van der Waals surface area contributed by atoms with Crippen molar-refractivity contribution in [1.82, 2.24) is 4.98 Å². The first-order valence-corrected chi connectivity index (χ1v) is 15.7. The third-order valence-electron chi connectivity index (χ3n) is 8.30. The molecule has 0 radical (unpaired) electrons. The Morgan fingerprint density at radius 1 is 0.825 bits per heavy atom. The molecule has 0 spiro atoms. The fourth-order valence-electron chi connectivity index (χ4n) is 5.92. The molecular formula is C36H49N2O2+. The average Bonchev–Trinajstić information content (AvgIpc) is 3.33. The number of unbranched alkanes of at least 4 members (excludes halogenated alkanes) is 11. The number of carbonyl (C=O) groups is 1. The summed E-state index contributed by atoms with van der Waals surface area (Å²) in [5, 5.41) is 4.83. The molecule has 0 atom stereocenters. The first-order valence-electron chi connectivity index (χ1n) is 15.7. The van der Waals surface area contributed by atoms with E-state index in [2.05, 4.69) is 68.0 Å². The Kier molecular flexibility index (Phi) is 11.2. The SMILES string of the molecule is CCCCCCCC/C=C/CCCCCCCC(=O)Oc1ccc2[nH]c3c(C)c4cc[n+](C)cc4c(C)c3c2c1. The number of nitrogens with zero attached hydrogens (tertiary/aromatic N) is 1. The molecule has 0 amide bonds. The first-order chi connectivity index (χ1) is 19.5. The van der Waals surface area contributed by atoms with Gasteiger partial charge in [-0.3, -0.25) is 4.79 Å². The highest BCUT2D eigenvalue weighted by atomic mass is 16.5. The average molecular weight is 542 g/mol. The smallest absolute Gasteiger partial charge is 0.311 e. The lowest BCUT2D eigenvalue weighted by Gasteiger charge is -2.08. The van der Waals surface area contributed by atoms with E-state index in [9.17, 15) is 4.79 Å². The van der Waals surface area contributed by atoms with Crippen LogP contribution in [0, 0.1) is 13.8 Å². The van der Waals surface area contributed by atoms with Crippen molar-refractivity contribution in [2.45, 2.75) is 111 Å². The highest BCUT2D eigenvalue weighted by Gasteiger charge is 2.17. The summed E-state index contributed by atoms with van der Waals surface area (Å²) in [5.41, 5.74) is 4.72. The van der Waals surface area contributed by atoms with Gasteiger partial charge in [0, 0.05) is 34.2 Å². The van der Waals surface area contributed by atoms with Crippen molar-refractivity contribution in [2.24, 2.45) is 7.05 Å².